The van der Waals surface area contributed by atoms with E-state index in [1.165, 1.54) is 42.3 Å². The maximum absolute atomic E-state index is 13.3. The van der Waals surface area contributed by atoms with Gasteiger partial charge in [0.15, 0.2) is 0 Å². The van der Waals surface area contributed by atoms with Crippen molar-refractivity contribution in [2.45, 2.75) is 41.9 Å². The van der Waals surface area contributed by atoms with E-state index in [1.54, 1.807) is 24.3 Å². The molecular formula is C29H25N3O9S. The summed E-state index contributed by atoms with van der Waals surface area (Å²) in [6.07, 6.45) is -0.261. The molecule has 2 aromatic rings. The standard InChI is InChI=1S/C23H21N3O9S.C6H4/c1-14(27)24-18-13-34-25(20(18)28)23(11-19(21(29)35-23)36-17-5-3-2-4-6-17)22(30)33-12-15-7-9-16(10-8-15)26(31)32;1-2-6-4-3-5(1)6/h2-10,18-19H,11-13H2,1H3,(H,24,27);1-4H/t18-,19?,23?;/m0./s1. The van der Waals surface area contributed by atoms with Crippen LogP contribution < -0.4 is 5.32 Å². The average molecular weight is 592 g/mol. The Morgan fingerprint density at radius 3 is 2.24 bits per heavy atom. The number of carbonyl (C=O) groups excluding carboxylic acids is 4. The number of ether oxygens (including phenoxy) is 2. The molecule has 2 amide bonds. The Bertz CT molecular complexity index is 1490. The number of nitro groups is 1. The van der Waals surface area contributed by atoms with E-state index in [1.807, 2.05) is 6.07 Å². The second kappa shape index (κ2) is 12.0. The number of non-ortho nitro benzene ring substituents is 1. The molecule has 6 rings (SSSR count). The number of hydrogen-bond acceptors (Lipinski definition) is 10. The molecule has 0 radical (unpaired) electrons. The Morgan fingerprint density at radius 1 is 1.05 bits per heavy atom. The van der Waals surface area contributed by atoms with Crippen molar-refractivity contribution in [3.8, 4) is 11.1 Å². The predicted molar refractivity (Wildman–Crippen MR) is 148 cm³/mol. The fourth-order valence-corrected chi connectivity index (χ4v) is 5.48. The third-order valence-electron chi connectivity index (χ3n) is 6.64. The largest absolute Gasteiger partial charge is 0.456 e. The second-order valence-corrected chi connectivity index (χ2v) is 10.9. The van der Waals surface area contributed by atoms with Gasteiger partial charge in [-0.05, 0) is 41.0 Å². The zero-order valence-corrected chi connectivity index (χ0v) is 23.1. The summed E-state index contributed by atoms with van der Waals surface area (Å²) in [5.41, 5.74) is 0.944. The van der Waals surface area contributed by atoms with Gasteiger partial charge in [-0.2, -0.15) is 5.06 Å². The van der Waals surface area contributed by atoms with Crippen molar-refractivity contribution in [3.05, 3.63) is 94.5 Å². The Balaban J connectivity index is 0.000000513. The molecule has 2 unspecified atom stereocenters. The molecule has 216 valence electrons. The number of amides is 2. The fourth-order valence-electron chi connectivity index (χ4n) is 4.39. The molecule has 42 heavy (non-hydrogen) atoms. The third kappa shape index (κ3) is 5.97. The molecule has 2 aromatic carbocycles. The van der Waals surface area contributed by atoms with E-state index in [-0.39, 0.29) is 25.3 Å². The lowest BCUT2D eigenvalue weighted by Crippen LogP contribution is -2.57. The quantitative estimate of drug-likeness (QED) is 0.183. The topological polar surface area (TPSA) is 154 Å². The number of nitro benzene ring substituents is 1. The molecule has 0 spiro atoms. The Morgan fingerprint density at radius 2 is 1.69 bits per heavy atom. The van der Waals surface area contributed by atoms with Gasteiger partial charge >= 0.3 is 17.7 Å². The normalized spacial score (nSPS) is 21.6. The van der Waals surface area contributed by atoms with Gasteiger partial charge in [-0.1, -0.05) is 42.5 Å². The molecule has 0 aromatic heterocycles. The van der Waals surface area contributed by atoms with Crippen LogP contribution in [-0.2, 0) is 40.1 Å². The fraction of sp³-hybridized carbons (Fsp3) is 0.241. The number of rotatable bonds is 8. The van der Waals surface area contributed by atoms with Crippen LogP contribution in [0.4, 0.5) is 5.69 Å². The molecule has 1 N–H and O–H groups in total. The van der Waals surface area contributed by atoms with Crippen molar-refractivity contribution in [3.63, 3.8) is 0 Å². The van der Waals surface area contributed by atoms with E-state index >= 15 is 0 Å². The summed E-state index contributed by atoms with van der Waals surface area (Å²) in [5, 5.41) is 13.1. The molecule has 0 bridgehead atoms. The van der Waals surface area contributed by atoms with Crippen molar-refractivity contribution in [1.29, 1.82) is 0 Å². The summed E-state index contributed by atoms with van der Waals surface area (Å²) >= 11 is 1.16. The lowest BCUT2D eigenvalue weighted by atomic mass is 9.95. The highest BCUT2D eigenvalue weighted by Crippen LogP contribution is 2.42. The van der Waals surface area contributed by atoms with Crippen LogP contribution in [0.1, 0.15) is 18.9 Å². The van der Waals surface area contributed by atoms with E-state index < -0.39 is 45.7 Å². The van der Waals surface area contributed by atoms with Crippen LogP contribution in [0.25, 0.3) is 11.1 Å². The van der Waals surface area contributed by atoms with E-state index in [0.29, 0.717) is 10.6 Å². The van der Waals surface area contributed by atoms with Crippen LogP contribution in [0, 0.1) is 10.1 Å². The molecular weight excluding hydrogens is 566 g/mol. The van der Waals surface area contributed by atoms with Gasteiger partial charge < -0.3 is 14.8 Å². The molecule has 2 saturated heterocycles. The first-order chi connectivity index (χ1) is 20.2. The first-order valence-electron chi connectivity index (χ1n) is 12.9. The van der Waals surface area contributed by atoms with Gasteiger partial charge in [0.1, 0.15) is 24.5 Å². The van der Waals surface area contributed by atoms with E-state index in [4.69, 9.17) is 14.3 Å². The zero-order chi connectivity index (χ0) is 29.9. The van der Waals surface area contributed by atoms with Crippen LogP contribution in [-0.4, -0.2) is 57.4 Å². The number of carbonyl (C=O) groups is 4. The summed E-state index contributed by atoms with van der Waals surface area (Å²) in [6.45, 7) is 0.667. The minimum atomic E-state index is -2.21. The lowest BCUT2D eigenvalue weighted by Gasteiger charge is -2.32. The zero-order valence-electron chi connectivity index (χ0n) is 22.3. The van der Waals surface area contributed by atoms with Crippen LogP contribution in [0.5, 0.6) is 0 Å². The van der Waals surface area contributed by atoms with Gasteiger partial charge in [0.2, 0.25) is 5.91 Å². The average Bonchev–Trinajstić information content (AvgIpc) is 3.49. The number of benzene rings is 3. The van der Waals surface area contributed by atoms with Crippen molar-refractivity contribution in [1.82, 2.24) is 10.4 Å². The maximum Gasteiger partial charge on any atom is 0.375 e. The molecule has 2 aliphatic heterocycles. The SMILES string of the molecule is CC(=O)N[C@H]1CON(C2(C(=O)OCc3ccc([N+](=O)[O-])cc3)CC(Sc3ccccc3)C(=O)O2)C1=O.c1cc2ccc1-2. The van der Waals surface area contributed by atoms with E-state index in [2.05, 4.69) is 29.6 Å². The number of cyclic esters (lactones) is 1. The van der Waals surface area contributed by atoms with Gasteiger partial charge in [0.05, 0.1) is 4.92 Å². The molecule has 12 nitrogen and oxygen atoms in total. The maximum atomic E-state index is 13.3. The van der Waals surface area contributed by atoms with Gasteiger partial charge in [0, 0.05) is 30.4 Å². The highest BCUT2D eigenvalue weighted by atomic mass is 32.2. The highest BCUT2D eigenvalue weighted by molar-refractivity contribution is 8.00. The van der Waals surface area contributed by atoms with Gasteiger partial charge in [0.25, 0.3) is 11.6 Å². The number of thioether (sulfide) groups is 1. The number of fused-ring (bicyclic) bond motifs is 1. The number of hydroxylamine groups is 2. The van der Waals surface area contributed by atoms with Crippen LogP contribution in [0.3, 0.4) is 0 Å². The highest BCUT2D eigenvalue weighted by Gasteiger charge is 2.63. The van der Waals surface area contributed by atoms with E-state index in [0.717, 1.165) is 16.7 Å². The summed E-state index contributed by atoms with van der Waals surface area (Å²) < 4.78 is 10.9. The number of nitrogens with one attached hydrogen (secondary N) is 1. The van der Waals surface area contributed by atoms with Gasteiger partial charge in [-0.15, -0.1) is 11.8 Å². The molecule has 13 heteroatoms. The molecule has 2 heterocycles. The molecule has 2 aliphatic carbocycles. The molecule has 3 atom stereocenters. The van der Waals surface area contributed by atoms with Crippen molar-refractivity contribution in [2.24, 2.45) is 0 Å². The Hall–Kier alpha value is -4.75. The van der Waals surface area contributed by atoms with Gasteiger partial charge in [-0.3, -0.25) is 29.3 Å². The summed E-state index contributed by atoms with van der Waals surface area (Å²) in [6, 6.07) is 21.7. The third-order valence-corrected chi connectivity index (χ3v) is 7.83. The first kappa shape index (κ1) is 28.8. The minimum Gasteiger partial charge on any atom is -0.456 e. The molecule has 4 aliphatic rings. The minimum absolute atomic E-state index is 0.132. The Kier molecular flexibility index (Phi) is 8.22. The number of esters is 2. The van der Waals surface area contributed by atoms with Crippen molar-refractivity contribution in [2.75, 3.05) is 6.61 Å². The van der Waals surface area contributed by atoms with Crippen molar-refractivity contribution < 1.29 is 38.4 Å². The van der Waals surface area contributed by atoms with Crippen LogP contribution in [0.15, 0.2) is 83.8 Å². The number of nitrogens with zero attached hydrogens (tertiary/aromatic N) is 2. The second-order valence-electron chi connectivity index (χ2n) is 9.59. The number of hydrogen-bond donors (Lipinski definition) is 1. The summed E-state index contributed by atoms with van der Waals surface area (Å²) in [7, 11) is 0. The molecule has 2 fully saturated rings. The van der Waals surface area contributed by atoms with Crippen molar-refractivity contribution >= 4 is 41.2 Å². The smallest absolute Gasteiger partial charge is 0.375 e. The van der Waals surface area contributed by atoms with Crippen LogP contribution >= 0.6 is 11.8 Å². The monoisotopic (exact) mass is 591 g/mol. The van der Waals surface area contributed by atoms with Crippen LogP contribution in [0.2, 0.25) is 0 Å². The van der Waals surface area contributed by atoms with Gasteiger partial charge in [-0.25, -0.2) is 4.79 Å². The lowest BCUT2D eigenvalue weighted by molar-refractivity contribution is -0.384. The summed E-state index contributed by atoms with van der Waals surface area (Å²) in [5.74, 6) is -3.04. The summed E-state index contributed by atoms with van der Waals surface area (Å²) in [4.78, 5) is 67.1. The first-order valence-corrected chi connectivity index (χ1v) is 13.7. The predicted octanol–water partition coefficient (Wildman–Crippen LogP) is 3.39. The molecule has 0 saturated carbocycles. The van der Waals surface area contributed by atoms with E-state index in [9.17, 15) is 29.3 Å². The Labute approximate surface area is 244 Å².